The van der Waals surface area contributed by atoms with Crippen LogP contribution in [0.1, 0.15) is 6.42 Å². The van der Waals surface area contributed by atoms with Crippen molar-refractivity contribution >= 4 is 0 Å². The molecule has 0 unspecified atom stereocenters. The van der Waals surface area contributed by atoms with Crippen LogP contribution in [0, 0.1) is 0 Å². The first-order valence-electron chi connectivity index (χ1n) is 6.00. The molecule has 0 saturated carbocycles. The largest absolute Gasteiger partial charge is 0.488 e. The molecule has 18 heavy (non-hydrogen) atoms. The van der Waals surface area contributed by atoms with Crippen LogP contribution in [0.2, 0.25) is 0 Å². The van der Waals surface area contributed by atoms with Crippen LogP contribution in [-0.4, -0.2) is 42.6 Å². The van der Waals surface area contributed by atoms with Gasteiger partial charge in [-0.2, -0.15) is 0 Å². The number of hydrogen-bond donors (Lipinski definition) is 2. The number of nitrogens with two attached hydrogens (primary N) is 1. The van der Waals surface area contributed by atoms with E-state index in [0.717, 1.165) is 0 Å². The van der Waals surface area contributed by atoms with Crippen LogP contribution in [-0.2, 0) is 11.3 Å². The molecule has 0 fully saturated rings. The minimum Gasteiger partial charge on any atom is -0.488 e. The summed E-state index contributed by atoms with van der Waals surface area (Å²) in [6.45, 7) is 2.25. The second kappa shape index (κ2) is 8.68. The van der Waals surface area contributed by atoms with Crippen LogP contribution < -0.4 is 16.0 Å². The molecule has 0 aromatic carbocycles. The molecule has 1 rings (SSSR count). The van der Waals surface area contributed by atoms with E-state index >= 15 is 0 Å². The van der Waals surface area contributed by atoms with Gasteiger partial charge in [0.05, 0.1) is 19.8 Å². The summed E-state index contributed by atoms with van der Waals surface area (Å²) in [5.41, 5.74) is 5.11. The lowest BCUT2D eigenvalue weighted by molar-refractivity contribution is 0.132. The van der Waals surface area contributed by atoms with Crippen LogP contribution in [0.15, 0.2) is 23.1 Å². The van der Waals surface area contributed by atoms with E-state index < -0.39 is 0 Å². The molecule has 1 aromatic rings. The van der Waals surface area contributed by atoms with E-state index in [9.17, 15) is 4.79 Å². The third-order valence-electron chi connectivity index (χ3n) is 2.28. The van der Waals surface area contributed by atoms with Crippen molar-refractivity contribution in [3.8, 4) is 5.75 Å². The van der Waals surface area contributed by atoms with Gasteiger partial charge in [-0.15, -0.1) is 0 Å². The van der Waals surface area contributed by atoms with Crippen molar-refractivity contribution < 1.29 is 14.6 Å². The molecule has 102 valence electrons. The van der Waals surface area contributed by atoms with Crippen molar-refractivity contribution in [3.05, 3.63) is 28.7 Å². The van der Waals surface area contributed by atoms with Gasteiger partial charge in [-0.05, 0) is 12.1 Å². The summed E-state index contributed by atoms with van der Waals surface area (Å²) in [6, 6.07) is 3.37. The highest BCUT2D eigenvalue weighted by molar-refractivity contribution is 5.17. The van der Waals surface area contributed by atoms with Gasteiger partial charge in [0.15, 0.2) is 5.75 Å². The number of ether oxygens (including phenoxy) is 2. The summed E-state index contributed by atoms with van der Waals surface area (Å²) < 4.78 is 12.0. The molecule has 0 spiro atoms. The Labute approximate surface area is 106 Å². The Morgan fingerprint density at radius 3 is 2.89 bits per heavy atom. The number of aliphatic hydroxyl groups excluding tert-OH is 1. The van der Waals surface area contributed by atoms with E-state index in [1.165, 1.54) is 4.57 Å². The normalized spacial score (nSPS) is 10.6. The predicted octanol–water partition coefficient (Wildman–Crippen LogP) is -0.415. The number of nitrogens with zero attached hydrogens (tertiary/aromatic N) is 1. The van der Waals surface area contributed by atoms with Gasteiger partial charge < -0.3 is 24.9 Å². The van der Waals surface area contributed by atoms with E-state index in [1.807, 2.05) is 0 Å². The van der Waals surface area contributed by atoms with Crippen molar-refractivity contribution in [2.45, 2.75) is 13.0 Å². The van der Waals surface area contributed by atoms with E-state index in [0.29, 0.717) is 45.1 Å². The Morgan fingerprint density at radius 1 is 1.33 bits per heavy atom. The molecule has 0 bridgehead atoms. The van der Waals surface area contributed by atoms with Crippen LogP contribution in [0.25, 0.3) is 0 Å². The molecule has 1 heterocycles. The highest BCUT2D eigenvalue weighted by Gasteiger charge is 2.03. The maximum atomic E-state index is 11.9. The van der Waals surface area contributed by atoms with Gasteiger partial charge in [0.2, 0.25) is 0 Å². The van der Waals surface area contributed by atoms with Gasteiger partial charge in [-0.25, -0.2) is 0 Å². The Morgan fingerprint density at radius 2 is 2.17 bits per heavy atom. The van der Waals surface area contributed by atoms with E-state index in [1.54, 1.807) is 18.3 Å². The maximum Gasteiger partial charge on any atom is 0.292 e. The molecule has 0 radical (unpaired) electrons. The fourth-order valence-corrected chi connectivity index (χ4v) is 1.40. The highest BCUT2D eigenvalue weighted by atomic mass is 16.5. The Bertz CT molecular complexity index is 392. The first-order chi connectivity index (χ1) is 8.79. The SMILES string of the molecule is NCCOCCn1cccc(OCCCO)c1=O. The monoisotopic (exact) mass is 256 g/mol. The number of aliphatic hydroxyl groups is 1. The van der Waals surface area contributed by atoms with Crippen molar-refractivity contribution in [3.63, 3.8) is 0 Å². The Hall–Kier alpha value is -1.37. The summed E-state index contributed by atoms with van der Waals surface area (Å²) in [5.74, 6) is 0.296. The molecule has 0 aliphatic rings. The fraction of sp³-hybridized carbons (Fsp3) is 0.583. The predicted molar refractivity (Wildman–Crippen MR) is 67.8 cm³/mol. The molecule has 0 aliphatic heterocycles. The molecule has 6 nitrogen and oxygen atoms in total. The standard InChI is InChI=1S/C12H20N2O4/c13-4-9-17-10-6-14-5-1-3-11(12(14)16)18-8-2-7-15/h1,3,5,15H,2,4,6-10,13H2. The van der Waals surface area contributed by atoms with Gasteiger partial charge in [-0.1, -0.05) is 0 Å². The molecule has 3 N–H and O–H groups in total. The summed E-state index contributed by atoms with van der Waals surface area (Å²) in [4.78, 5) is 11.9. The van der Waals surface area contributed by atoms with Gasteiger partial charge in [0, 0.05) is 32.3 Å². The van der Waals surface area contributed by atoms with Crippen LogP contribution in [0.5, 0.6) is 5.75 Å². The van der Waals surface area contributed by atoms with Gasteiger partial charge in [-0.3, -0.25) is 4.79 Å². The summed E-state index contributed by atoms with van der Waals surface area (Å²) >= 11 is 0. The molecule has 1 aromatic heterocycles. The lowest BCUT2D eigenvalue weighted by Crippen LogP contribution is -2.24. The van der Waals surface area contributed by atoms with Crippen molar-refractivity contribution in [1.82, 2.24) is 4.57 Å². The lowest BCUT2D eigenvalue weighted by atomic mass is 10.4. The van der Waals surface area contributed by atoms with Gasteiger partial charge >= 0.3 is 0 Å². The topological polar surface area (TPSA) is 86.7 Å². The number of hydrogen-bond acceptors (Lipinski definition) is 5. The van der Waals surface area contributed by atoms with Gasteiger partial charge in [0.25, 0.3) is 5.56 Å². The second-order valence-corrected chi connectivity index (χ2v) is 3.70. The van der Waals surface area contributed by atoms with Crippen LogP contribution >= 0.6 is 0 Å². The van der Waals surface area contributed by atoms with Crippen molar-refractivity contribution in [1.29, 1.82) is 0 Å². The summed E-state index contributed by atoms with van der Waals surface area (Å²) in [7, 11) is 0. The summed E-state index contributed by atoms with van der Waals surface area (Å²) in [5, 5.41) is 8.64. The average Bonchev–Trinajstić information content (AvgIpc) is 2.38. The zero-order valence-corrected chi connectivity index (χ0v) is 10.4. The minimum atomic E-state index is -0.188. The zero-order valence-electron chi connectivity index (χ0n) is 10.4. The fourth-order valence-electron chi connectivity index (χ4n) is 1.40. The smallest absolute Gasteiger partial charge is 0.292 e. The molecular formula is C12H20N2O4. The average molecular weight is 256 g/mol. The van der Waals surface area contributed by atoms with Crippen molar-refractivity contribution in [2.75, 3.05) is 33.0 Å². The highest BCUT2D eigenvalue weighted by Crippen LogP contribution is 2.02. The first-order valence-corrected chi connectivity index (χ1v) is 6.00. The second-order valence-electron chi connectivity index (χ2n) is 3.70. The first kappa shape index (κ1) is 14.7. The summed E-state index contributed by atoms with van der Waals surface area (Å²) in [6.07, 6.45) is 2.20. The van der Waals surface area contributed by atoms with E-state index in [-0.39, 0.29) is 12.2 Å². The molecule has 0 aliphatic carbocycles. The third kappa shape index (κ3) is 4.87. The van der Waals surface area contributed by atoms with Crippen LogP contribution in [0.3, 0.4) is 0 Å². The molecule has 0 saturated heterocycles. The molecule has 0 amide bonds. The molecule has 0 atom stereocenters. The third-order valence-corrected chi connectivity index (χ3v) is 2.28. The quantitative estimate of drug-likeness (QED) is 0.586. The minimum absolute atomic E-state index is 0.0496. The number of aromatic nitrogens is 1. The van der Waals surface area contributed by atoms with Crippen LogP contribution in [0.4, 0.5) is 0 Å². The zero-order chi connectivity index (χ0) is 13.2. The Kier molecular flexibility index (Phi) is 7.09. The number of rotatable bonds is 9. The van der Waals surface area contributed by atoms with Crippen molar-refractivity contribution in [2.24, 2.45) is 5.73 Å². The van der Waals surface area contributed by atoms with Gasteiger partial charge in [0.1, 0.15) is 0 Å². The Balaban J connectivity index is 2.52. The number of pyridine rings is 1. The molecule has 6 heteroatoms. The lowest BCUT2D eigenvalue weighted by Gasteiger charge is -2.09. The molecular weight excluding hydrogens is 236 g/mol. The van der Waals surface area contributed by atoms with E-state index in [2.05, 4.69) is 0 Å². The maximum absolute atomic E-state index is 11.9. The van der Waals surface area contributed by atoms with E-state index in [4.69, 9.17) is 20.3 Å².